The predicted octanol–water partition coefficient (Wildman–Crippen LogP) is -1.48. The molecule has 3 aromatic carbocycles. The van der Waals surface area contributed by atoms with Gasteiger partial charge in [-0.2, -0.15) is 18.2 Å². The summed E-state index contributed by atoms with van der Waals surface area (Å²) < 4.78 is 144. The van der Waals surface area contributed by atoms with Crippen LogP contribution in [0.4, 0.5) is 20.2 Å². The van der Waals surface area contributed by atoms with Crippen LogP contribution in [0.2, 0.25) is 0 Å². The second kappa shape index (κ2) is 22.9. The Morgan fingerprint density at radius 3 is 2.03 bits per heavy atom. The number of allylic oxidation sites excluding steroid dienone is 8. The molecule has 0 bridgehead atoms. The van der Waals surface area contributed by atoms with Gasteiger partial charge < -0.3 is 23.3 Å². The minimum atomic E-state index is -4.82. The number of fused-ring (bicyclic) bond motifs is 2. The van der Waals surface area contributed by atoms with E-state index in [9.17, 15) is 38.9 Å². The van der Waals surface area contributed by atoms with Crippen molar-refractivity contribution in [2.24, 2.45) is 0 Å². The molecule has 2 heterocycles. The van der Waals surface area contributed by atoms with Crippen LogP contribution in [0.15, 0.2) is 94.6 Å². The van der Waals surface area contributed by atoms with E-state index in [4.69, 9.17) is 4.74 Å². The number of rotatable bonds is 16. The Bertz CT molecular complexity index is 2770. The van der Waals surface area contributed by atoms with Crippen molar-refractivity contribution < 1.29 is 146 Å². The average molecular weight is 981 g/mol. The first-order valence-corrected chi connectivity index (χ1v) is 24.8. The Morgan fingerprint density at radius 2 is 1.43 bits per heavy atom. The fourth-order valence-electron chi connectivity index (χ4n) is 8.80. The molecule has 3 aliphatic rings. The molecule has 3 aromatic rings. The van der Waals surface area contributed by atoms with Gasteiger partial charge in [-0.1, -0.05) is 45.4 Å². The predicted molar refractivity (Wildman–Crippen MR) is 229 cm³/mol. The van der Waals surface area contributed by atoms with Crippen molar-refractivity contribution in [2.75, 3.05) is 36.6 Å². The summed E-state index contributed by atoms with van der Waals surface area (Å²) in [5.74, 6) is -2.74. The van der Waals surface area contributed by atoms with E-state index >= 15 is 8.78 Å². The number of methoxy groups -OCH3 is 1. The maximum absolute atomic E-state index is 16.2. The topological polar surface area (TPSA) is 187 Å². The Kier molecular flexibility index (Phi) is 20.4. The van der Waals surface area contributed by atoms with Gasteiger partial charge >= 0.3 is 88.7 Å². The molecule has 2 aliphatic heterocycles. The van der Waals surface area contributed by atoms with Crippen molar-refractivity contribution in [1.29, 1.82) is 0 Å². The van der Waals surface area contributed by atoms with Crippen molar-refractivity contribution in [3.05, 3.63) is 124 Å². The van der Waals surface area contributed by atoms with E-state index in [1.165, 1.54) is 25.3 Å². The van der Waals surface area contributed by atoms with E-state index < -0.39 is 69.2 Å². The first kappa shape index (κ1) is 57.8. The van der Waals surface area contributed by atoms with Crippen molar-refractivity contribution in [3.8, 4) is 5.75 Å². The number of benzene rings is 3. The summed E-state index contributed by atoms with van der Waals surface area (Å²) in [5.41, 5.74) is 4.33. The van der Waals surface area contributed by atoms with E-state index in [0.29, 0.717) is 65.9 Å². The number of hydrogen-bond acceptors (Lipinski definition) is 11. The Morgan fingerprint density at radius 1 is 0.800 bits per heavy atom. The van der Waals surface area contributed by atoms with Gasteiger partial charge in [0.05, 0.1) is 37.8 Å². The molecule has 0 saturated carbocycles. The summed E-state index contributed by atoms with van der Waals surface area (Å²) in [5, 5.41) is 0. The van der Waals surface area contributed by atoms with Gasteiger partial charge in [-0.05, 0) is 85.1 Å². The number of anilines is 1. The van der Waals surface area contributed by atoms with Crippen molar-refractivity contribution in [3.63, 3.8) is 0 Å². The zero-order chi connectivity index (χ0) is 45.4. The summed E-state index contributed by atoms with van der Waals surface area (Å²) in [6.45, 7) is 8.41. The molecule has 0 fully saturated rings. The van der Waals surface area contributed by atoms with E-state index in [0.717, 1.165) is 29.1 Å². The van der Waals surface area contributed by atoms with Gasteiger partial charge in [0.2, 0.25) is 0 Å². The molecule has 1 aliphatic carbocycles. The number of nitrogens with zero attached hydrogens (tertiary/aromatic N) is 2. The van der Waals surface area contributed by atoms with Crippen LogP contribution in [0.5, 0.6) is 5.75 Å². The third kappa shape index (κ3) is 13.4. The summed E-state index contributed by atoms with van der Waals surface area (Å²) in [7, 11) is -12.4. The molecule has 0 spiro atoms. The van der Waals surface area contributed by atoms with Gasteiger partial charge in [0.15, 0.2) is 5.71 Å². The fourth-order valence-corrected chi connectivity index (χ4v) is 10.4. The van der Waals surface area contributed by atoms with Crippen LogP contribution in [-0.2, 0) is 41.2 Å². The molecule has 65 heavy (non-hydrogen) atoms. The summed E-state index contributed by atoms with van der Waals surface area (Å²) in [4.78, 5) is 1.46. The van der Waals surface area contributed by atoms with E-state index in [1.54, 1.807) is 18.2 Å². The molecule has 0 radical (unpaired) electrons. The number of halogens is 2. The molecule has 0 N–H and O–H groups in total. The Hall–Kier alpha value is -1.52. The Labute approximate surface area is 448 Å². The second-order valence-electron chi connectivity index (χ2n) is 16.7. The number of unbranched alkanes of at least 4 members (excludes halogenated alkanes) is 2. The van der Waals surface area contributed by atoms with Gasteiger partial charge in [0.1, 0.15) is 39.7 Å². The second-order valence-corrected chi connectivity index (χ2v) is 21.2. The van der Waals surface area contributed by atoms with Crippen LogP contribution in [0.25, 0.3) is 5.57 Å². The van der Waals surface area contributed by atoms with Gasteiger partial charge in [-0.3, -0.25) is 0 Å². The maximum Gasteiger partial charge on any atom is 1.00 e. The summed E-state index contributed by atoms with van der Waals surface area (Å²) >= 11 is 0. The van der Waals surface area contributed by atoms with Crippen LogP contribution >= 0.6 is 0 Å². The first-order valence-electron chi connectivity index (χ1n) is 20.2. The molecule has 20 heteroatoms. The third-order valence-corrected chi connectivity index (χ3v) is 14.3. The van der Waals surface area contributed by atoms with Gasteiger partial charge in [0.25, 0.3) is 0 Å². The summed E-state index contributed by atoms with van der Waals surface area (Å²) in [6.07, 6.45) is 9.77. The van der Waals surface area contributed by atoms with Gasteiger partial charge in [0, 0.05) is 64.9 Å². The molecule has 0 aromatic heterocycles. The quantitative estimate of drug-likeness (QED) is 0.0536. The van der Waals surface area contributed by atoms with Crippen molar-refractivity contribution in [1.82, 2.24) is 0 Å². The zero-order valence-electron chi connectivity index (χ0n) is 38.2. The monoisotopic (exact) mass is 980 g/mol. The normalized spacial score (nSPS) is 18.1. The van der Waals surface area contributed by atoms with Crippen LogP contribution in [0, 0.1) is 17.7 Å². The van der Waals surface area contributed by atoms with Crippen LogP contribution in [0.1, 0.15) is 89.3 Å². The fraction of sp³-hybridized carbons (Fsp3) is 0.400. The molecule has 0 atom stereocenters. The maximum atomic E-state index is 16.2. The smallest absolute Gasteiger partial charge is 0.748 e. The molecule has 0 unspecified atom stereocenters. The largest absolute Gasteiger partial charge is 1.00 e. The first-order chi connectivity index (χ1) is 28.9. The number of ether oxygens (including phenoxy) is 1. The minimum Gasteiger partial charge on any atom is -0.748 e. The van der Waals surface area contributed by atoms with Crippen LogP contribution < -0.4 is 98.3 Å². The van der Waals surface area contributed by atoms with E-state index in [-0.39, 0.29) is 126 Å². The molecule has 0 amide bonds. The summed E-state index contributed by atoms with van der Waals surface area (Å²) in [6, 6.07) is 15.0. The van der Waals surface area contributed by atoms with Gasteiger partial charge in [-0.25, -0.2) is 38.6 Å². The molecule has 334 valence electrons. The van der Waals surface area contributed by atoms with Crippen LogP contribution in [-0.4, -0.2) is 80.9 Å². The minimum absolute atomic E-state index is 0. The molecule has 6 rings (SSSR count). The average Bonchev–Trinajstić information content (AvgIpc) is 3.53. The van der Waals surface area contributed by atoms with Crippen molar-refractivity contribution in [2.45, 2.75) is 88.4 Å². The van der Waals surface area contributed by atoms with Gasteiger partial charge in [-0.15, -0.1) is 6.07 Å². The van der Waals surface area contributed by atoms with Crippen molar-refractivity contribution >= 4 is 53.0 Å². The van der Waals surface area contributed by atoms with E-state index in [2.05, 4.69) is 10.6 Å². The Balaban J connectivity index is 0.00000374. The SMILES string of the molecule is COc1cc(F)c(C2=C(/C=C/C3=[N+](CCCCS(=O)(=O)[O-])c4cc[c-]cc4C3(C)C)CCC/C2=C\C=C2\N(CCCCS(=O)(=O)[O-])c3ccc(S(=O)(=O)[O-])cc3C2(C)C)c(F)c1.[Na+].[Na+].[Na+]. The number of hydrogen-bond donors (Lipinski definition) is 0. The molecule has 12 nitrogen and oxygen atoms in total. The zero-order valence-corrected chi connectivity index (χ0v) is 46.6. The molecular weight excluding hydrogens is 932 g/mol. The third-order valence-electron chi connectivity index (χ3n) is 11.9. The molecule has 0 saturated heterocycles. The van der Waals surface area contributed by atoms with E-state index in [1.807, 2.05) is 56.9 Å². The van der Waals surface area contributed by atoms with Crippen LogP contribution in [0.3, 0.4) is 0 Å². The molecular formula is C45H49F2N2Na3O10S3. The standard InChI is InChI=1S/C45H52F2N2O10S3.3Na/c1-44(2)34-15-6-7-16-38(34)48(23-8-10-25-60(50,51)52)40(44)21-17-30-13-12-14-31(42(30)43-36(46)27-32(59-5)28-37(43)47)18-22-41-45(3,4)35-29-33(62(56,57)58)19-20-39(35)49(41)24-9-11-26-61(53,54)55;;;/h7,15-22,27-29H,8-14,23-26H2,1-5H3,(H,50,51,52)(H,53,54,55)(H,56,57,58);;;/q;3*+1/p-3.